The molecule has 1 aliphatic rings. The molecule has 0 unspecified atom stereocenters. The number of carbonyl (C=O) groups is 1. The average molecular weight is 393 g/mol. The maximum Gasteiger partial charge on any atom is 0.253 e. The van der Waals surface area contributed by atoms with Gasteiger partial charge in [-0.3, -0.25) is 4.79 Å². The fourth-order valence-electron chi connectivity index (χ4n) is 3.81. The number of hydrogen-bond acceptors (Lipinski definition) is 4. The zero-order chi connectivity index (χ0) is 19.1. The molecule has 1 aliphatic heterocycles. The molecule has 4 aromatic rings. The lowest BCUT2D eigenvalue weighted by molar-refractivity contribution is 0.0788. The van der Waals surface area contributed by atoms with Crippen molar-refractivity contribution in [2.24, 2.45) is 0 Å². The standard InChI is InChI=1S/C21H17ClN4O2/c22-16-4-1-3-14(11-16)21(27)25-9-6-17(12-25)26-19(15-7-10-28-13-15)24-18-5-2-8-23-20(18)26/h1-5,7-8,10-11,13,17H,6,9,12H2/t17-/m1/s1. The van der Waals surface area contributed by atoms with Gasteiger partial charge in [-0.15, -0.1) is 0 Å². The number of amides is 1. The molecule has 6 nitrogen and oxygen atoms in total. The molecule has 1 aromatic carbocycles. The minimum absolute atomic E-state index is 0.00718. The van der Waals surface area contributed by atoms with Gasteiger partial charge < -0.3 is 13.9 Å². The normalized spacial score (nSPS) is 16.8. The van der Waals surface area contributed by atoms with Crippen molar-refractivity contribution in [1.82, 2.24) is 19.4 Å². The van der Waals surface area contributed by atoms with Crippen molar-refractivity contribution < 1.29 is 9.21 Å². The summed E-state index contributed by atoms with van der Waals surface area (Å²) in [6.45, 7) is 1.27. The number of likely N-dealkylation sites (tertiary alicyclic amines) is 1. The van der Waals surface area contributed by atoms with Crippen LogP contribution < -0.4 is 0 Å². The number of pyridine rings is 1. The second kappa shape index (κ2) is 6.80. The van der Waals surface area contributed by atoms with Gasteiger partial charge in [-0.25, -0.2) is 9.97 Å². The summed E-state index contributed by atoms with van der Waals surface area (Å²) in [4.78, 5) is 24.1. The fourth-order valence-corrected chi connectivity index (χ4v) is 4.00. The Balaban J connectivity index is 1.50. The minimum atomic E-state index is -0.00718. The number of carbonyl (C=O) groups excluding carboxylic acids is 1. The SMILES string of the molecule is O=C(c1cccc(Cl)c1)N1CC[C@@H](n2c(-c3ccoc3)nc3cccnc32)C1. The first-order valence-electron chi connectivity index (χ1n) is 9.11. The van der Waals surface area contributed by atoms with Crippen LogP contribution in [0.15, 0.2) is 65.6 Å². The summed E-state index contributed by atoms with van der Waals surface area (Å²) in [6, 6.07) is 12.9. The van der Waals surface area contributed by atoms with E-state index in [0.717, 1.165) is 29.0 Å². The minimum Gasteiger partial charge on any atom is -0.472 e. The summed E-state index contributed by atoms with van der Waals surface area (Å²) in [7, 11) is 0. The van der Waals surface area contributed by atoms with Crippen molar-refractivity contribution in [1.29, 1.82) is 0 Å². The molecule has 3 aromatic heterocycles. The van der Waals surface area contributed by atoms with Crippen LogP contribution in [-0.4, -0.2) is 38.4 Å². The van der Waals surface area contributed by atoms with Crippen LogP contribution >= 0.6 is 11.6 Å². The molecule has 0 radical (unpaired) electrons. The Morgan fingerprint density at radius 2 is 2.14 bits per heavy atom. The van der Waals surface area contributed by atoms with E-state index in [1.807, 2.05) is 23.1 Å². The maximum atomic E-state index is 12.9. The van der Waals surface area contributed by atoms with Crippen molar-refractivity contribution in [2.75, 3.05) is 13.1 Å². The number of imidazole rings is 1. The van der Waals surface area contributed by atoms with Crippen LogP contribution in [0.2, 0.25) is 5.02 Å². The number of halogens is 1. The van der Waals surface area contributed by atoms with Crippen molar-refractivity contribution in [3.05, 3.63) is 71.8 Å². The van der Waals surface area contributed by atoms with E-state index in [1.54, 1.807) is 43.0 Å². The largest absolute Gasteiger partial charge is 0.472 e. The highest BCUT2D eigenvalue weighted by Gasteiger charge is 2.31. The molecular formula is C21H17ClN4O2. The number of benzene rings is 1. The summed E-state index contributed by atoms with van der Waals surface area (Å²) in [6.07, 6.45) is 5.92. The molecule has 1 saturated heterocycles. The summed E-state index contributed by atoms with van der Waals surface area (Å²) >= 11 is 6.05. The number of furan rings is 1. The molecule has 0 bridgehead atoms. The number of rotatable bonds is 3. The quantitative estimate of drug-likeness (QED) is 0.517. The zero-order valence-electron chi connectivity index (χ0n) is 15.0. The van der Waals surface area contributed by atoms with Gasteiger partial charge in [0.25, 0.3) is 5.91 Å². The monoisotopic (exact) mass is 392 g/mol. The number of aromatic nitrogens is 3. The maximum absolute atomic E-state index is 12.9. The first kappa shape index (κ1) is 17.0. The molecule has 1 amide bonds. The molecule has 0 N–H and O–H groups in total. The van der Waals surface area contributed by atoms with Crippen molar-refractivity contribution >= 4 is 28.7 Å². The van der Waals surface area contributed by atoms with Gasteiger partial charge in [0.1, 0.15) is 17.6 Å². The molecule has 1 atom stereocenters. The van der Waals surface area contributed by atoms with Crippen LogP contribution in [0.3, 0.4) is 0 Å². The topological polar surface area (TPSA) is 64.2 Å². The lowest BCUT2D eigenvalue weighted by Crippen LogP contribution is -2.29. The lowest BCUT2D eigenvalue weighted by atomic mass is 10.2. The van der Waals surface area contributed by atoms with Crippen LogP contribution in [-0.2, 0) is 0 Å². The molecule has 1 fully saturated rings. The molecule has 140 valence electrons. The molecule has 5 rings (SSSR count). The number of fused-ring (bicyclic) bond motifs is 1. The van der Waals surface area contributed by atoms with Gasteiger partial charge in [-0.05, 0) is 42.8 Å². The highest BCUT2D eigenvalue weighted by atomic mass is 35.5. The highest BCUT2D eigenvalue weighted by molar-refractivity contribution is 6.30. The Kier molecular flexibility index (Phi) is 4.13. The van der Waals surface area contributed by atoms with Crippen LogP contribution in [0.4, 0.5) is 0 Å². The molecular weight excluding hydrogens is 376 g/mol. The van der Waals surface area contributed by atoms with E-state index in [2.05, 4.69) is 9.55 Å². The van der Waals surface area contributed by atoms with Crippen molar-refractivity contribution in [3.8, 4) is 11.4 Å². The number of hydrogen-bond donors (Lipinski definition) is 0. The Morgan fingerprint density at radius 1 is 1.21 bits per heavy atom. The second-order valence-corrected chi connectivity index (χ2v) is 7.30. The predicted octanol–water partition coefficient (Wildman–Crippen LogP) is 4.43. The zero-order valence-corrected chi connectivity index (χ0v) is 15.7. The van der Waals surface area contributed by atoms with Gasteiger partial charge in [0.05, 0.1) is 17.9 Å². The summed E-state index contributed by atoms with van der Waals surface area (Å²) in [5.74, 6) is 0.803. The molecule has 7 heteroatoms. The van der Waals surface area contributed by atoms with Crippen LogP contribution in [0.5, 0.6) is 0 Å². The molecule has 0 spiro atoms. The van der Waals surface area contributed by atoms with Crippen LogP contribution in [0, 0.1) is 0 Å². The molecule has 0 aliphatic carbocycles. The van der Waals surface area contributed by atoms with Gasteiger partial charge in [0.15, 0.2) is 5.65 Å². The Morgan fingerprint density at radius 3 is 2.96 bits per heavy atom. The van der Waals surface area contributed by atoms with Gasteiger partial charge in [-0.1, -0.05) is 17.7 Å². The van der Waals surface area contributed by atoms with E-state index in [-0.39, 0.29) is 11.9 Å². The van der Waals surface area contributed by atoms with Gasteiger partial charge in [0.2, 0.25) is 0 Å². The second-order valence-electron chi connectivity index (χ2n) is 6.87. The molecule has 28 heavy (non-hydrogen) atoms. The predicted molar refractivity (Wildman–Crippen MR) is 106 cm³/mol. The smallest absolute Gasteiger partial charge is 0.253 e. The summed E-state index contributed by atoms with van der Waals surface area (Å²) < 4.78 is 7.39. The van der Waals surface area contributed by atoms with E-state index in [0.29, 0.717) is 23.7 Å². The van der Waals surface area contributed by atoms with E-state index in [4.69, 9.17) is 21.0 Å². The van der Waals surface area contributed by atoms with E-state index in [1.165, 1.54) is 0 Å². The van der Waals surface area contributed by atoms with E-state index in [9.17, 15) is 4.79 Å². The van der Waals surface area contributed by atoms with E-state index < -0.39 is 0 Å². The van der Waals surface area contributed by atoms with Crippen molar-refractivity contribution in [3.63, 3.8) is 0 Å². The third-order valence-corrected chi connectivity index (χ3v) is 5.35. The lowest BCUT2D eigenvalue weighted by Gasteiger charge is -2.18. The summed E-state index contributed by atoms with van der Waals surface area (Å²) in [5.41, 5.74) is 3.16. The van der Waals surface area contributed by atoms with Crippen molar-refractivity contribution in [2.45, 2.75) is 12.5 Å². The average Bonchev–Trinajstić information content (AvgIpc) is 3.45. The summed E-state index contributed by atoms with van der Waals surface area (Å²) in [5, 5.41) is 0.564. The first-order chi connectivity index (χ1) is 13.7. The fraction of sp³-hybridized carbons (Fsp3) is 0.190. The number of nitrogens with zero attached hydrogens (tertiary/aromatic N) is 4. The van der Waals surface area contributed by atoms with Crippen LogP contribution in [0.1, 0.15) is 22.8 Å². The molecule has 0 saturated carbocycles. The molecule has 4 heterocycles. The Labute approximate surface area is 166 Å². The van der Waals surface area contributed by atoms with E-state index >= 15 is 0 Å². The van der Waals surface area contributed by atoms with Crippen LogP contribution in [0.25, 0.3) is 22.6 Å². The Bertz CT molecular complexity index is 1150. The third-order valence-electron chi connectivity index (χ3n) is 5.12. The van der Waals surface area contributed by atoms with Gasteiger partial charge in [-0.2, -0.15) is 0 Å². The third kappa shape index (κ3) is 2.86. The Hall–Kier alpha value is -3.12. The van der Waals surface area contributed by atoms with Gasteiger partial charge in [0, 0.05) is 29.9 Å². The first-order valence-corrected chi connectivity index (χ1v) is 9.49. The highest BCUT2D eigenvalue weighted by Crippen LogP contribution is 2.32. The van der Waals surface area contributed by atoms with Gasteiger partial charge >= 0.3 is 0 Å².